The van der Waals surface area contributed by atoms with Crippen LogP contribution in [0.4, 0.5) is 0 Å². The van der Waals surface area contributed by atoms with E-state index in [1.807, 2.05) is 10.8 Å². The van der Waals surface area contributed by atoms with E-state index in [2.05, 4.69) is 0 Å². The third-order valence-electron chi connectivity index (χ3n) is 2.31. The van der Waals surface area contributed by atoms with Crippen molar-refractivity contribution in [1.29, 1.82) is 0 Å². The van der Waals surface area contributed by atoms with Crippen molar-refractivity contribution in [2.24, 2.45) is 0 Å². The first kappa shape index (κ1) is 17.2. The van der Waals surface area contributed by atoms with Crippen molar-refractivity contribution in [1.82, 2.24) is 0 Å². The first-order chi connectivity index (χ1) is 8.54. The van der Waals surface area contributed by atoms with Gasteiger partial charge >= 0.3 is 0 Å². The molecule has 1 aliphatic heterocycles. The molecule has 0 spiro atoms. The zero-order chi connectivity index (χ0) is 13.0. The van der Waals surface area contributed by atoms with Crippen molar-refractivity contribution in [2.75, 3.05) is 25.6 Å². The summed E-state index contributed by atoms with van der Waals surface area (Å²) in [6.45, 7) is 1.01. The van der Waals surface area contributed by atoms with Crippen molar-refractivity contribution >= 4 is 51.0 Å². The Balaban J connectivity index is 0.00000180. The van der Waals surface area contributed by atoms with Crippen molar-refractivity contribution in [3.05, 3.63) is 10.8 Å². The van der Waals surface area contributed by atoms with Gasteiger partial charge in [0.25, 0.3) is 10.1 Å². The Hall–Kier alpha value is 0.170. The van der Waals surface area contributed by atoms with Gasteiger partial charge in [0.1, 0.15) is 6.61 Å². The Labute approximate surface area is 138 Å². The summed E-state index contributed by atoms with van der Waals surface area (Å²) in [4.78, 5) is 0. The van der Waals surface area contributed by atoms with E-state index in [0.29, 0.717) is 13.2 Å². The van der Waals surface area contributed by atoms with Gasteiger partial charge in [0.2, 0.25) is 0 Å². The van der Waals surface area contributed by atoms with E-state index < -0.39 is 10.1 Å². The van der Waals surface area contributed by atoms with Gasteiger partial charge < -0.3 is 14.2 Å². The number of hydrogen-bond acceptors (Lipinski definition) is 6. The molecule has 2 heterocycles. The summed E-state index contributed by atoms with van der Waals surface area (Å²) in [5.74, 6) is 1.18. The van der Waals surface area contributed by atoms with Gasteiger partial charge in [-0.2, -0.15) is 8.42 Å². The molecule has 19 heavy (non-hydrogen) atoms. The molecule has 0 amide bonds. The van der Waals surface area contributed by atoms with Crippen LogP contribution in [-0.4, -0.2) is 74.2 Å². The van der Waals surface area contributed by atoms with Crippen LogP contribution in [0.25, 0.3) is 0 Å². The van der Waals surface area contributed by atoms with E-state index in [1.165, 1.54) is 11.3 Å². The second-order valence-corrected chi connectivity index (χ2v) is 6.18. The van der Waals surface area contributed by atoms with Gasteiger partial charge in [-0.15, -0.1) is 11.3 Å². The van der Waals surface area contributed by atoms with E-state index >= 15 is 0 Å². The molecule has 1 N–H and O–H groups in total. The minimum absolute atomic E-state index is 0. The minimum Gasteiger partial charge on any atom is -0.485 e. The summed E-state index contributed by atoms with van der Waals surface area (Å²) in [5.41, 5.74) is 0. The van der Waals surface area contributed by atoms with Crippen molar-refractivity contribution in [3.8, 4) is 11.5 Å². The predicted octanol–water partition coefficient (Wildman–Crippen LogP) is 0.802. The van der Waals surface area contributed by atoms with Gasteiger partial charge in [-0.1, -0.05) is 0 Å². The first-order valence-corrected chi connectivity index (χ1v) is 7.98. The van der Waals surface area contributed by atoms with Crippen LogP contribution in [0.2, 0.25) is 0 Å². The molecule has 1 unspecified atom stereocenters. The minimum atomic E-state index is -3.90. The van der Waals surface area contributed by atoms with Crippen LogP contribution in [0.1, 0.15) is 6.42 Å². The summed E-state index contributed by atoms with van der Waals surface area (Å²) in [5, 5.41) is 3.73. The summed E-state index contributed by atoms with van der Waals surface area (Å²) in [7, 11) is -3.90. The van der Waals surface area contributed by atoms with Crippen molar-refractivity contribution in [2.45, 2.75) is 12.5 Å². The molecular formula is C10H14NaO6S2. The largest absolute Gasteiger partial charge is 0.485 e. The number of ether oxygens (including phenoxy) is 3. The monoisotopic (exact) mass is 317 g/mol. The molecular weight excluding hydrogens is 303 g/mol. The zero-order valence-corrected chi connectivity index (χ0v) is 14.2. The van der Waals surface area contributed by atoms with Crippen LogP contribution in [-0.2, 0) is 14.9 Å². The molecule has 1 atom stereocenters. The number of rotatable bonds is 6. The van der Waals surface area contributed by atoms with Gasteiger partial charge in [0, 0.05) is 46.9 Å². The Morgan fingerprint density at radius 1 is 1.42 bits per heavy atom. The molecule has 1 aromatic rings. The summed E-state index contributed by atoms with van der Waals surface area (Å²) in [6.07, 6.45) is 0.0775. The third kappa shape index (κ3) is 5.99. The third-order valence-corrected chi connectivity index (χ3v) is 3.81. The fourth-order valence-electron chi connectivity index (χ4n) is 1.50. The zero-order valence-electron chi connectivity index (χ0n) is 10.6. The molecule has 103 valence electrons. The number of hydrogen-bond donors (Lipinski definition) is 1. The van der Waals surface area contributed by atoms with Gasteiger partial charge in [0.05, 0.1) is 12.4 Å². The first-order valence-electron chi connectivity index (χ1n) is 5.43. The molecule has 0 aromatic carbocycles. The summed E-state index contributed by atoms with van der Waals surface area (Å²) >= 11 is 1.51. The quantitative estimate of drug-likeness (QED) is 0.475. The molecule has 2 rings (SSSR count). The molecule has 0 saturated heterocycles. The number of thiophene rings is 1. The maximum Gasteiger partial charge on any atom is 0.264 e. The Kier molecular flexibility index (Phi) is 7.09. The Morgan fingerprint density at radius 3 is 2.89 bits per heavy atom. The fraction of sp³-hybridized carbons (Fsp3) is 0.600. The van der Waals surface area contributed by atoms with Gasteiger partial charge in [0.15, 0.2) is 17.6 Å². The topological polar surface area (TPSA) is 82.1 Å². The average molecular weight is 317 g/mol. The van der Waals surface area contributed by atoms with E-state index in [9.17, 15) is 8.42 Å². The smallest absolute Gasteiger partial charge is 0.264 e. The molecule has 9 heteroatoms. The molecule has 0 saturated carbocycles. The standard InChI is InChI=1S/C10H14O6S2.Na/c11-18(12,13)3-1-2-14-4-8-5-15-9-6-17-7-10(9)16-8;/h6-8H,1-5H2,(H,11,12,13);. The van der Waals surface area contributed by atoms with Gasteiger partial charge in [-0.25, -0.2) is 0 Å². The van der Waals surface area contributed by atoms with Crippen LogP contribution in [0.15, 0.2) is 10.8 Å². The second kappa shape index (κ2) is 7.82. The van der Waals surface area contributed by atoms with Crippen LogP contribution in [0.3, 0.4) is 0 Å². The normalized spacial score (nSPS) is 17.8. The van der Waals surface area contributed by atoms with Gasteiger partial charge in [-0.3, -0.25) is 4.55 Å². The number of fused-ring (bicyclic) bond motifs is 1. The second-order valence-electron chi connectivity index (χ2n) is 3.87. The molecule has 0 bridgehead atoms. The van der Waals surface area contributed by atoms with E-state index in [1.54, 1.807) is 0 Å². The molecule has 1 aromatic heterocycles. The SMILES string of the molecule is O=S(=O)(O)CCCOCC1COc2cscc2O1.[Na]. The van der Waals surface area contributed by atoms with Crippen molar-refractivity contribution in [3.63, 3.8) is 0 Å². The van der Waals surface area contributed by atoms with Crippen LogP contribution >= 0.6 is 11.3 Å². The van der Waals surface area contributed by atoms with E-state index in [-0.39, 0.29) is 54.4 Å². The maximum atomic E-state index is 10.5. The average Bonchev–Trinajstić information content (AvgIpc) is 2.74. The fourth-order valence-corrected chi connectivity index (χ4v) is 2.66. The molecule has 0 fully saturated rings. The van der Waals surface area contributed by atoms with Crippen LogP contribution in [0, 0.1) is 0 Å². The molecule has 1 aliphatic rings. The van der Waals surface area contributed by atoms with E-state index in [0.717, 1.165) is 11.5 Å². The Bertz CT molecular complexity index is 486. The maximum absolute atomic E-state index is 10.5. The Morgan fingerprint density at radius 2 is 2.16 bits per heavy atom. The van der Waals surface area contributed by atoms with Gasteiger partial charge in [-0.05, 0) is 6.42 Å². The predicted molar refractivity (Wildman–Crippen MR) is 71.8 cm³/mol. The van der Waals surface area contributed by atoms with E-state index in [4.69, 9.17) is 18.8 Å². The van der Waals surface area contributed by atoms with Crippen LogP contribution in [0.5, 0.6) is 11.5 Å². The molecule has 6 nitrogen and oxygen atoms in total. The molecule has 0 aliphatic carbocycles. The van der Waals surface area contributed by atoms with Crippen LogP contribution < -0.4 is 9.47 Å². The molecule has 1 radical (unpaired) electrons. The summed E-state index contributed by atoms with van der Waals surface area (Å²) < 4.78 is 45.8. The van der Waals surface area contributed by atoms with Crippen molar-refractivity contribution < 1.29 is 27.2 Å². The summed E-state index contributed by atoms with van der Waals surface area (Å²) in [6, 6.07) is 0.